The quantitative estimate of drug-likeness (QED) is 0.310. The molecule has 10 heteroatoms. The number of nitrogens with zero attached hydrogens (tertiary/aromatic N) is 3. The van der Waals surface area contributed by atoms with Crippen LogP contribution in [0.1, 0.15) is 11.1 Å². The molecule has 0 radical (unpaired) electrons. The smallest absolute Gasteiger partial charge is 0.356 e. The lowest BCUT2D eigenvalue weighted by molar-refractivity contribution is -0.384. The second-order valence-electron chi connectivity index (χ2n) is 6.79. The van der Waals surface area contributed by atoms with Gasteiger partial charge in [-0.1, -0.05) is 42.1 Å². The number of carbonyl (C=O) groups excluding carboxylic acids is 2. The van der Waals surface area contributed by atoms with Crippen molar-refractivity contribution in [3.63, 3.8) is 0 Å². The van der Waals surface area contributed by atoms with Gasteiger partial charge < -0.3 is 9.84 Å². The van der Waals surface area contributed by atoms with Gasteiger partial charge in [-0.05, 0) is 23.3 Å². The summed E-state index contributed by atoms with van der Waals surface area (Å²) < 4.78 is 5.07. The Morgan fingerprint density at radius 1 is 1.20 bits per heavy atom. The highest BCUT2D eigenvalue weighted by Gasteiger charge is 2.56. The van der Waals surface area contributed by atoms with Crippen LogP contribution in [0, 0.1) is 10.1 Å². The molecule has 2 aromatic carbocycles. The highest BCUT2D eigenvalue weighted by atomic mass is 32.2. The van der Waals surface area contributed by atoms with Gasteiger partial charge >= 0.3 is 5.97 Å². The molecule has 0 aromatic heterocycles. The molecule has 1 saturated heterocycles. The fourth-order valence-corrected chi connectivity index (χ4v) is 4.55. The van der Waals surface area contributed by atoms with E-state index in [4.69, 9.17) is 4.74 Å². The summed E-state index contributed by atoms with van der Waals surface area (Å²) in [6, 6.07) is 14.6. The van der Waals surface area contributed by atoms with E-state index in [-0.39, 0.29) is 12.3 Å². The van der Waals surface area contributed by atoms with E-state index in [0.29, 0.717) is 12.0 Å². The van der Waals surface area contributed by atoms with Crippen molar-refractivity contribution in [1.29, 1.82) is 0 Å². The van der Waals surface area contributed by atoms with Gasteiger partial charge in [-0.25, -0.2) is 4.79 Å². The van der Waals surface area contributed by atoms with Gasteiger partial charge in [0.2, 0.25) is 6.23 Å². The largest absolute Gasteiger partial charge is 0.457 e. The third-order valence-corrected chi connectivity index (χ3v) is 6.04. The molecule has 0 bridgehead atoms. The normalized spacial score (nSPS) is 20.8. The number of aliphatic hydroxyl groups excluding tert-OH is 1. The molecule has 1 amide bonds. The number of hydrogen-bond donors (Lipinski definition) is 1. The number of thioether (sulfide) groups is 1. The number of non-ortho nitro benzene ring substituents is 1. The van der Waals surface area contributed by atoms with Gasteiger partial charge in [-0.3, -0.25) is 24.8 Å². The number of ether oxygens (including phenoxy) is 1. The number of aliphatic imine (C=N–C) groups is 1. The summed E-state index contributed by atoms with van der Waals surface area (Å²) in [7, 11) is 0. The number of esters is 1. The maximum absolute atomic E-state index is 12.3. The van der Waals surface area contributed by atoms with Crippen molar-refractivity contribution in [1.82, 2.24) is 4.90 Å². The zero-order valence-electron chi connectivity index (χ0n) is 15.6. The number of β-lactam (4-membered cyclic amide) rings is 1. The number of likely N-dealkylation sites (tertiary alicyclic amines) is 1. The summed E-state index contributed by atoms with van der Waals surface area (Å²) in [4.78, 5) is 40.2. The zero-order chi connectivity index (χ0) is 21.3. The van der Waals surface area contributed by atoms with E-state index in [1.54, 1.807) is 0 Å². The first-order valence-corrected chi connectivity index (χ1v) is 9.99. The van der Waals surface area contributed by atoms with Crippen molar-refractivity contribution in [3.8, 4) is 0 Å². The first-order valence-electron chi connectivity index (χ1n) is 9.11. The number of fused-ring (bicyclic) bond motifs is 1. The highest BCUT2D eigenvalue weighted by Crippen LogP contribution is 2.40. The van der Waals surface area contributed by atoms with Crippen molar-refractivity contribution < 1.29 is 24.4 Å². The second-order valence-corrected chi connectivity index (χ2v) is 7.98. The van der Waals surface area contributed by atoms with E-state index in [2.05, 4.69) is 4.99 Å². The minimum absolute atomic E-state index is 0.0770. The fraction of sp³-hybridized carbons (Fsp3) is 0.250. The molecule has 30 heavy (non-hydrogen) atoms. The second kappa shape index (κ2) is 8.25. The molecule has 9 nitrogen and oxygen atoms in total. The van der Waals surface area contributed by atoms with Crippen LogP contribution < -0.4 is 0 Å². The molecule has 154 valence electrons. The number of rotatable bonds is 7. The third kappa shape index (κ3) is 3.91. The molecule has 1 N–H and O–H groups in total. The number of carbonyl (C=O) groups is 2. The Bertz CT molecular complexity index is 1010. The molecule has 0 spiro atoms. The Morgan fingerprint density at radius 3 is 2.57 bits per heavy atom. The fourth-order valence-electron chi connectivity index (χ4n) is 3.21. The Morgan fingerprint density at radius 2 is 1.90 bits per heavy atom. The lowest BCUT2D eigenvalue weighted by Crippen LogP contribution is -2.66. The average Bonchev–Trinajstić information content (AvgIpc) is 3.11. The molecule has 2 aliphatic rings. The minimum atomic E-state index is -1.73. The third-order valence-electron chi connectivity index (χ3n) is 4.79. The lowest BCUT2D eigenvalue weighted by Gasteiger charge is -2.42. The van der Waals surface area contributed by atoms with Gasteiger partial charge in [-0.2, -0.15) is 0 Å². The van der Waals surface area contributed by atoms with Crippen LogP contribution in [0.5, 0.6) is 0 Å². The molecule has 2 aromatic rings. The van der Waals surface area contributed by atoms with Crippen LogP contribution >= 0.6 is 11.8 Å². The number of nitro groups is 1. The maximum Gasteiger partial charge on any atom is 0.356 e. The molecule has 2 heterocycles. The van der Waals surface area contributed by atoms with Crippen LogP contribution in [0.25, 0.3) is 0 Å². The number of nitro benzene ring substituents is 1. The molecule has 0 saturated carbocycles. The Hall–Kier alpha value is -3.24. The highest BCUT2D eigenvalue weighted by molar-refractivity contribution is 8.14. The summed E-state index contributed by atoms with van der Waals surface area (Å²) in [5.74, 6) is -1.38. The van der Waals surface area contributed by atoms with Crippen LogP contribution in [-0.2, 0) is 27.4 Å². The van der Waals surface area contributed by atoms with E-state index in [9.17, 15) is 24.8 Å². The Kier molecular flexibility index (Phi) is 5.51. The first-order chi connectivity index (χ1) is 14.4. The van der Waals surface area contributed by atoms with Crippen molar-refractivity contribution in [2.75, 3.05) is 0 Å². The molecular weight excluding hydrogens is 410 g/mol. The molecular formula is C20H17N3O6S. The lowest BCUT2D eigenvalue weighted by atomic mass is 10.1. The standard InChI is InChI=1S/C20H17N3O6S/c24-17-16-19(30-15(21-16)10-12-4-2-1-3-5-12)22(17)18(25)20(26)29-11-13-6-8-14(9-7-13)23(27)28/h1-9,16,18-19,25H,10-11H2. The van der Waals surface area contributed by atoms with Gasteiger partial charge in [0, 0.05) is 18.6 Å². The monoisotopic (exact) mass is 427 g/mol. The van der Waals surface area contributed by atoms with E-state index in [0.717, 1.165) is 15.5 Å². The van der Waals surface area contributed by atoms with Crippen molar-refractivity contribution in [3.05, 3.63) is 75.8 Å². The topological polar surface area (TPSA) is 122 Å². The van der Waals surface area contributed by atoms with Crippen LogP contribution in [0.15, 0.2) is 59.6 Å². The van der Waals surface area contributed by atoms with Gasteiger partial charge in [0.25, 0.3) is 11.6 Å². The van der Waals surface area contributed by atoms with Crippen molar-refractivity contribution in [2.24, 2.45) is 4.99 Å². The molecule has 2 aliphatic heterocycles. The summed E-state index contributed by atoms with van der Waals surface area (Å²) in [5, 5.41) is 21.3. The van der Waals surface area contributed by atoms with Crippen LogP contribution in [-0.4, -0.2) is 49.5 Å². The van der Waals surface area contributed by atoms with Gasteiger partial charge in [-0.15, -0.1) is 0 Å². The van der Waals surface area contributed by atoms with Gasteiger partial charge in [0.05, 0.1) is 9.97 Å². The number of aliphatic hydroxyl groups is 1. The summed E-state index contributed by atoms with van der Waals surface area (Å²) >= 11 is 1.36. The molecule has 0 aliphatic carbocycles. The van der Waals surface area contributed by atoms with Crippen LogP contribution in [0.3, 0.4) is 0 Å². The Labute approximate surface area is 175 Å². The molecule has 4 rings (SSSR count). The van der Waals surface area contributed by atoms with Gasteiger partial charge in [0.15, 0.2) is 6.04 Å². The minimum Gasteiger partial charge on any atom is -0.457 e. The maximum atomic E-state index is 12.3. The first kappa shape index (κ1) is 20.0. The van der Waals surface area contributed by atoms with E-state index < -0.39 is 34.4 Å². The van der Waals surface area contributed by atoms with E-state index in [1.165, 1.54) is 36.0 Å². The molecule has 3 atom stereocenters. The molecule has 1 fully saturated rings. The van der Waals surface area contributed by atoms with Gasteiger partial charge in [0.1, 0.15) is 12.0 Å². The zero-order valence-corrected chi connectivity index (χ0v) is 16.4. The predicted octanol–water partition coefficient (Wildman–Crippen LogP) is 1.88. The van der Waals surface area contributed by atoms with Crippen LogP contribution in [0.4, 0.5) is 5.69 Å². The SMILES string of the molecule is O=C(OCc1ccc([N+](=O)[O-])cc1)C(O)N1C(=O)C2N=C(Cc3ccccc3)SC21. The number of hydrogen-bond acceptors (Lipinski definition) is 8. The summed E-state index contributed by atoms with van der Waals surface area (Å²) in [6.07, 6.45) is -1.14. The number of benzene rings is 2. The summed E-state index contributed by atoms with van der Waals surface area (Å²) in [6.45, 7) is -0.174. The van der Waals surface area contributed by atoms with Crippen LogP contribution in [0.2, 0.25) is 0 Å². The average molecular weight is 427 g/mol. The summed E-state index contributed by atoms with van der Waals surface area (Å²) in [5.41, 5.74) is 1.51. The van der Waals surface area contributed by atoms with E-state index in [1.807, 2.05) is 30.3 Å². The Balaban J connectivity index is 1.32. The predicted molar refractivity (Wildman–Crippen MR) is 108 cm³/mol. The van der Waals surface area contributed by atoms with Crippen molar-refractivity contribution in [2.45, 2.75) is 30.7 Å². The molecule has 3 unspecified atom stereocenters. The van der Waals surface area contributed by atoms with E-state index >= 15 is 0 Å². The van der Waals surface area contributed by atoms with Crippen molar-refractivity contribution >= 4 is 34.4 Å². The number of amides is 1.